The van der Waals surface area contributed by atoms with E-state index in [1.165, 1.54) is 12.1 Å². The van der Waals surface area contributed by atoms with Gasteiger partial charge in [0.05, 0.1) is 6.10 Å². The third-order valence-electron chi connectivity index (χ3n) is 3.22. The number of nitrogens with one attached hydrogen (secondary N) is 2. The average Bonchev–Trinajstić information content (AvgIpc) is 2.96. The van der Waals surface area contributed by atoms with Crippen LogP contribution in [0.4, 0.5) is 4.39 Å². The molecule has 1 aromatic rings. The van der Waals surface area contributed by atoms with Gasteiger partial charge in [-0.1, -0.05) is 6.07 Å². The number of phenolic OH excluding ortho intramolecular Hbond substituents is 1. The molecule has 6 heteroatoms. The number of halogens is 1. The Bertz CT molecular complexity index is 473. The fraction of sp³-hybridized carbons (Fsp3) is 0.500. The van der Waals surface area contributed by atoms with Gasteiger partial charge in [-0.3, -0.25) is 4.99 Å². The first-order chi connectivity index (χ1) is 9.69. The maximum atomic E-state index is 13.2. The van der Waals surface area contributed by atoms with E-state index in [-0.39, 0.29) is 11.9 Å². The van der Waals surface area contributed by atoms with Crippen molar-refractivity contribution in [1.29, 1.82) is 0 Å². The minimum absolute atomic E-state index is 0.236. The molecule has 2 rings (SSSR count). The van der Waals surface area contributed by atoms with E-state index < -0.39 is 5.82 Å². The first-order valence-electron chi connectivity index (χ1n) is 6.72. The van der Waals surface area contributed by atoms with Crippen LogP contribution >= 0.6 is 0 Å². The van der Waals surface area contributed by atoms with Gasteiger partial charge in [-0.25, -0.2) is 4.39 Å². The molecule has 0 aliphatic carbocycles. The highest BCUT2D eigenvalue weighted by molar-refractivity contribution is 5.79. The van der Waals surface area contributed by atoms with E-state index in [0.717, 1.165) is 25.0 Å². The van der Waals surface area contributed by atoms with Crippen LogP contribution in [0.1, 0.15) is 18.4 Å². The van der Waals surface area contributed by atoms with E-state index in [9.17, 15) is 4.39 Å². The summed E-state index contributed by atoms with van der Waals surface area (Å²) < 4.78 is 18.7. The maximum absolute atomic E-state index is 13.2. The third-order valence-corrected chi connectivity index (χ3v) is 3.22. The van der Waals surface area contributed by atoms with E-state index >= 15 is 0 Å². The Labute approximate surface area is 117 Å². The summed E-state index contributed by atoms with van der Waals surface area (Å²) in [5.74, 6) is -0.310. The lowest BCUT2D eigenvalue weighted by Crippen LogP contribution is -2.40. The zero-order valence-electron chi connectivity index (χ0n) is 11.5. The molecule has 3 N–H and O–H groups in total. The standard InChI is InChI=1S/C14H20FN3O2/c1-16-14(18-9-11-3-2-6-20-11)17-8-10-4-5-13(19)12(15)7-10/h4-5,7,11,19H,2-3,6,8-9H2,1H3,(H2,16,17,18). The molecule has 0 bridgehead atoms. The number of ether oxygens (including phenoxy) is 1. The Hall–Kier alpha value is -1.82. The molecule has 1 unspecified atom stereocenters. The molecule has 1 aliphatic heterocycles. The van der Waals surface area contributed by atoms with E-state index in [4.69, 9.17) is 9.84 Å². The summed E-state index contributed by atoms with van der Waals surface area (Å²) >= 11 is 0. The molecule has 1 aliphatic rings. The lowest BCUT2D eigenvalue weighted by Gasteiger charge is -2.15. The van der Waals surface area contributed by atoms with Crippen LogP contribution in [0.3, 0.4) is 0 Å². The van der Waals surface area contributed by atoms with Crippen molar-refractivity contribution in [3.8, 4) is 5.75 Å². The van der Waals surface area contributed by atoms with Crippen LogP contribution in [-0.4, -0.2) is 37.4 Å². The second kappa shape index (κ2) is 7.09. The zero-order valence-corrected chi connectivity index (χ0v) is 11.5. The summed E-state index contributed by atoms with van der Waals surface area (Å²) in [6.45, 7) is 1.97. The van der Waals surface area contributed by atoms with Gasteiger partial charge in [0, 0.05) is 26.7 Å². The van der Waals surface area contributed by atoms with Crippen molar-refractivity contribution in [3.05, 3.63) is 29.6 Å². The number of aliphatic imine (C=N–C) groups is 1. The molecule has 0 saturated carbocycles. The summed E-state index contributed by atoms with van der Waals surface area (Å²) in [6, 6.07) is 4.31. The van der Waals surface area contributed by atoms with Crippen LogP contribution in [0.25, 0.3) is 0 Å². The fourth-order valence-corrected chi connectivity index (χ4v) is 2.08. The largest absolute Gasteiger partial charge is 0.505 e. The maximum Gasteiger partial charge on any atom is 0.191 e. The highest BCUT2D eigenvalue weighted by atomic mass is 19.1. The predicted molar refractivity (Wildman–Crippen MR) is 75.2 cm³/mol. The van der Waals surface area contributed by atoms with E-state index in [2.05, 4.69) is 15.6 Å². The van der Waals surface area contributed by atoms with Gasteiger partial charge in [0.2, 0.25) is 0 Å². The molecule has 0 amide bonds. The molecule has 0 radical (unpaired) electrons. The lowest BCUT2D eigenvalue weighted by molar-refractivity contribution is 0.114. The Morgan fingerprint density at radius 1 is 1.50 bits per heavy atom. The normalized spacial score (nSPS) is 19.1. The molecule has 110 valence electrons. The first-order valence-corrected chi connectivity index (χ1v) is 6.72. The monoisotopic (exact) mass is 281 g/mol. The molecule has 1 atom stereocenters. The number of phenols is 1. The zero-order chi connectivity index (χ0) is 14.4. The molecular weight excluding hydrogens is 261 g/mol. The molecule has 1 aromatic carbocycles. The van der Waals surface area contributed by atoms with Crippen LogP contribution in [0.2, 0.25) is 0 Å². The van der Waals surface area contributed by atoms with E-state index in [1.54, 1.807) is 13.1 Å². The molecule has 1 heterocycles. The molecule has 0 spiro atoms. The topological polar surface area (TPSA) is 65.9 Å². The summed E-state index contributed by atoms with van der Waals surface area (Å²) in [7, 11) is 1.68. The molecular formula is C14H20FN3O2. The smallest absolute Gasteiger partial charge is 0.191 e. The minimum atomic E-state index is -0.619. The van der Waals surface area contributed by atoms with Gasteiger partial charge in [-0.2, -0.15) is 0 Å². The van der Waals surface area contributed by atoms with E-state index in [0.29, 0.717) is 19.0 Å². The second-order valence-corrected chi connectivity index (χ2v) is 4.73. The summed E-state index contributed by atoms with van der Waals surface area (Å²) in [5.41, 5.74) is 0.736. The van der Waals surface area contributed by atoms with Gasteiger partial charge in [-0.05, 0) is 30.5 Å². The highest BCUT2D eigenvalue weighted by Gasteiger charge is 2.15. The van der Waals surface area contributed by atoms with Crippen molar-refractivity contribution in [2.45, 2.75) is 25.5 Å². The van der Waals surface area contributed by atoms with Crippen molar-refractivity contribution >= 4 is 5.96 Å². The number of hydrogen-bond acceptors (Lipinski definition) is 3. The van der Waals surface area contributed by atoms with Crippen LogP contribution in [0, 0.1) is 5.82 Å². The molecule has 5 nitrogen and oxygen atoms in total. The first kappa shape index (κ1) is 14.6. The number of guanidine groups is 1. The summed E-state index contributed by atoms with van der Waals surface area (Å²) in [4.78, 5) is 4.10. The molecule has 0 aromatic heterocycles. The van der Waals surface area contributed by atoms with Crippen LogP contribution < -0.4 is 10.6 Å². The second-order valence-electron chi connectivity index (χ2n) is 4.73. The Kier molecular flexibility index (Phi) is 5.17. The van der Waals surface area contributed by atoms with E-state index in [1.807, 2.05) is 0 Å². The van der Waals surface area contributed by atoms with Gasteiger partial charge in [0.25, 0.3) is 0 Å². The van der Waals surface area contributed by atoms with Crippen molar-refractivity contribution < 1.29 is 14.2 Å². The highest BCUT2D eigenvalue weighted by Crippen LogP contribution is 2.15. The number of benzene rings is 1. The quantitative estimate of drug-likeness (QED) is 0.576. The molecule has 1 saturated heterocycles. The number of rotatable bonds is 4. The summed E-state index contributed by atoms with van der Waals surface area (Å²) in [6.07, 6.45) is 2.40. The Balaban J connectivity index is 1.79. The Morgan fingerprint density at radius 3 is 3.00 bits per heavy atom. The van der Waals surface area contributed by atoms with Gasteiger partial charge in [0.15, 0.2) is 17.5 Å². The van der Waals surface area contributed by atoms with Crippen molar-refractivity contribution in [3.63, 3.8) is 0 Å². The molecule has 20 heavy (non-hydrogen) atoms. The number of hydrogen-bond donors (Lipinski definition) is 3. The SMILES string of the molecule is CN=C(NCc1ccc(O)c(F)c1)NCC1CCCO1. The lowest BCUT2D eigenvalue weighted by atomic mass is 10.2. The van der Waals surface area contributed by atoms with Crippen LogP contribution in [0.5, 0.6) is 5.75 Å². The predicted octanol–water partition coefficient (Wildman–Crippen LogP) is 1.38. The molecule has 1 fully saturated rings. The van der Waals surface area contributed by atoms with Gasteiger partial charge in [0.1, 0.15) is 0 Å². The fourth-order valence-electron chi connectivity index (χ4n) is 2.08. The van der Waals surface area contributed by atoms with Crippen LogP contribution in [-0.2, 0) is 11.3 Å². The summed E-state index contributed by atoms with van der Waals surface area (Å²) in [5, 5.41) is 15.4. The van der Waals surface area contributed by atoms with Gasteiger partial charge < -0.3 is 20.5 Å². The van der Waals surface area contributed by atoms with Gasteiger partial charge >= 0.3 is 0 Å². The number of nitrogens with zero attached hydrogens (tertiary/aromatic N) is 1. The van der Waals surface area contributed by atoms with Crippen LogP contribution in [0.15, 0.2) is 23.2 Å². The van der Waals surface area contributed by atoms with Crippen molar-refractivity contribution in [2.24, 2.45) is 4.99 Å². The third kappa shape index (κ3) is 4.09. The van der Waals surface area contributed by atoms with Crippen molar-refractivity contribution in [2.75, 3.05) is 20.2 Å². The van der Waals surface area contributed by atoms with Gasteiger partial charge in [-0.15, -0.1) is 0 Å². The number of aromatic hydroxyl groups is 1. The average molecular weight is 281 g/mol. The van der Waals surface area contributed by atoms with Crippen molar-refractivity contribution in [1.82, 2.24) is 10.6 Å². The Morgan fingerprint density at radius 2 is 2.35 bits per heavy atom. The minimum Gasteiger partial charge on any atom is -0.505 e.